The van der Waals surface area contributed by atoms with E-state index in [-0.39, 0.29) is 78.2 Å². The number of allylic oxidation sites excluding steroid dienone is 8. The highest BCUT2D eigenvalue weighted by Gasteiger charge is 2.79. The summed E-state index contributed by atoms with van der Waals surface area (Å²) in [4.78, 5) is 50.2. The second kappa shape index (κ2) is 14.6. The Morgan fingerprint density at radius 3 is 1.32 bits per heavy atom. The molecule has 10 aliphatic rings. The van der Waals surface area contributed by atoms with E-state index in [1.54, 1.807) is 39.8 Å². The summed E-state index contributed by atoms with van der Waals surface area (Å²) in [6, 6.07) is 0. The van der Waals surface area contributed by atoms with Gasteiger partial charge in [0.25, 0.3) is 0 Å². The molecule has 6 N–H and O–H groups in total. The topological polar surface area (TPSA) is 218 Å². The zero-order valence-corrected chi connectivity index (χ0v) is 37.4. The highest BCUT2D eigenvalue weighted by atomic mass is 19.1. The number of aliphatic hydroxyl groups is 4. The van der Waals surface area contributed by atoms with Gasteiger partial charge in [0.15, 0.2) is 45.9 Å². The first-order valence-electron chi connectivity index (χ1n) is 22.4. The minimum atomic E-state index is -1.37. The third kappa shape index (κ3) is 6.02. The number of aliphatic hydroxyl groups excluding tert-OH is 4. The van der Waals surface area contributed by atoms with Crippen molar-refractivity contribution in [3.05, 3.63) is 47.6 Å². The van der Waals surface area contributed by atoms with Crippen LogP contribution in [0, 0.1) is 57.2 Å². The van der Waals surface area contributed by atoms with Crippen molar-refractivity contribution in [1.82, 2.24) is 0 Å². The highest BCUT2D eigenvalue weighted by molar-refractivity contribution is 6.02. The molecule has 10 rings (SSSR count). The Balaban J connectivity index is 0.000000170. The van der Waals surface area contributed by atoms with E-state index in [1.165, 1.54) is 24.3 Å². The number of carbonyl (C=O) groups is 4. The van der Waals surface area contributed by atoms with Gasteiger partial charge in [0.05, 0.1) is 24.4 Å². The van der Waals surface area contributed by atoms with Crippen LogP contribution in [-0.4, -0.2) is 122 Å². The standard InChI is InChI=1S/2C24H31FO6.H2O/c2*1-21(2)30-19-9-14-13-8-16(25)15-7-12(27)5-6-22(15,3)20(13)17(28)10-23(14,4)24(19,31-21)18(29)11-26;/h2*5-7,13-14,16-17,19-20,26,28H,8-11H2,1-4H3;1H2/t2*13-,14?,16-,17-,19+,20-,22?,23-,24+;/m00./s1. The van der Waals surface area contributed by atoms with Crippen LogP contribution in [0.3, 0.4) is 0 Å². The quantitative estimate of drug-likeness (QED) is 0.318. The lowest BCUT2D eigenvalue weighted by Crippen LogP contribution is -2.64. The average molecular weight is 887 g/mol. The van der Waals surface area contributed by atoms with Crippen LogP contribution in [-0.2, 0) is 38.1 Å². The van der Waals surface area contributed by atoms with Crippen LogP contribution in [0.4, 0.5) is 8.78 Å². The molecule has 15 heteroatoms. The van der Waals surface area contributed by atoms with E-state index >= 15 is 8.78 Å². The monoisotopic (exact) mass is 886 g/mol. The summed E-state index contributed by atoms with van der Waals surface area (Å²) in [5.41, 5.74) is -5.00. The molecule has 0 aromatic carbocycles. The van der Waals surface area contributed by atoms with Gasteiger partial charge in [-0.3, -0.25) is 19.2 Å². The van der Waals surface area contributed by atoms with Gasteiger partial charge in [0.2, 0.25) is 0 Å². The van der Waals surface area contributed by atoms with Crippen molar-refractivity contribution in [2.75, 3.05) is 13.2 Å². The molecular formula is C48H64F2O13. The van der Waals surface area contributed by atoms with Crippen LogP contribution in [0.5, 0.6) is 0 Å². The number of Topliss-reactive ketones (excluding diaryl/α,β-unsaturated/α-hetero) is 2. The van der Waals surface area contributed by atoms with Crippen molar-refractivity contribution in [2.45, 2.75) is 153 Å². The maximum atomic E-state index is 15.4. The number of carbonyl (C=O) groups excluding carboxylic acids is 4. The first kappa shape index (κ1) is 46.7. The lowest BCUT2D eigenvalue weighted by Gasteiger charge is -2.60. The molecule has 0 spiro atoms. The molecule has 2 saturated heterocycles. The smallest absolute Gasteiger partial charge is 0.193 e. The Kier molecular flexibility index (Phi) is 10.8. The first-order chi connectivity index (χ1) is 28.8. The third-order valence-corrected chi connectivity index (χ3v) is 18.1. The van der Waals surface area contributed by atoms with Crippen LogP contribution in [0.1, 0.15) is 93.9 Å². The molecular weight excluding hydrogens is 823 g/mol. The third-order valence-electron chi connectivity index (χ3n) is 18.1. The van der Waals surface area contributed by atoms with E-state index in [9.17, 15) is 39.6 Å². The van der Waals surface area contributed by atoms with Crippen LogP contribution in [0.25, 0.3) is 0 Å². The van der Waals surface area contributed by atoms with Crippen LogP contribution in [0.2, 0.25) is 0 Å². The van der Waals surface area contributed by atoms with Gasteiger partial charge < -0.3 is 44.8 Å². The summed E-state index contributed by atoms with van der Waals surface area (Å²) < 4.78 is 55.7. The summed E-state index contributed by atoms with van der Waals surface area (Å²) in [5.74, 6) is -4.55. The van der Waals surface area contributed by atoms with Gasteiger partial charge >= 0.3 is 0 Å². The van der Waals surface area contributed by atoms with Crippen molar-refractivity contribution in [3.63, 3.8) is 0 Å². The molecule has 2 heterocycles. The molecule has 0 aromatic heterocycles. The van der Waals surface area contributed by atoms with E-state index in [4.69, 9.17) is 18.9 Å². The Bertz CT molecular complexity index is 1970. The molecule has 0 amide bonds. The maximum absolute atomic E-state index is 15.4. The number of rotatable bonds is 4. The van der Waals surface area contributed by atoms with Crippen molar-refractivity contribution >= 4 is 23.1 Å². The number of hydrogen-bond donors (Lipinski definition) is 4. The van der Waals surface area contributed by atoms with E-state index in [0.717, 1.165) is 0 Å². The Morgan fingerprint density at radius 1 is 0.635 bits per heavy atom. The van der Waals surface area contributed by atoms with Crippen molar-refractivity contribution in [3.8, 4) is 0 Å². The average Bonchev–Trinajstić information content (AvgIpc) is 3.80. The van der Waals surface area contributed by atoms with Gasteiger partial charge in [-0.25, -0.2) is 8.78 Å². The van der Waals surface area contributed by atoms with Crippen molar-refractivity contribution < 1.29 is 72.8 Å². The molecule has 13 nitrogen and oxygen atoms in total. The Hall–Kier alpha value is -2.86. The molecule has 8 fully saturated rings. The summed E-state index contributed by atoms with van der Waals surface area (Å²) in [6.07, 6.45) is 5.79. The van der Waals surface area contributed by atoms with Crippen LogP contribution < -0.4 is 0 Å². The van der Waals surface area contributed by atoms with Gasteiger partial charge in [-0.05, 0) is 125 Å². The summed E-state index contributed by atoms with van der Waals surface area (Å²) in [7, 11) is 0. The SMILES string of the molecule is CC1(C)O[C@@H]2CC3[C@@H]4C[C@H](F)C5=CC(=O)C=CC5(C)[C@@H]4[C@@H](O)C[C@]3(C)[C@]2(C(=O)CO)O1.CC1(C)O[C@@H]2CC3[C@@H]4C[C@H](F)C5=CC(=O)C=CC5(C)[C@@H]4[C@@H](O)C[C@]3(C)[C@]2(C(=O)CO)O1.O. The second-order valence-electron chi connectivity index (χ2n) is 21.9. The predicted octanol–water partition coefficient (Wildman–Crippen LogP) is 3.72. The second-order valence-corrected chi connectivity index (χ2v) is 21.9. The van der Waals surface area contributed by atoms with Gasteiger partial charge in [0.1, 0.15) is 25.6 Å². The fraction of sp³-hybridized carbons (Fsp3) is 0.750. The molecule has 6 saturated carbocycles. The minimum absolute atomic E-state index is 0. The van der Waals surface area contributed by atoms with Crippen molar-refractivity contribution in [1.29, 1.82) is 0 Å². The summed E-state index contributed by atoms with van der Waals surface area (Å²) >= 11 is 0. The van der Waals surface area contributed by atoms with E-state index in [2.05, 4.69) is 0 Å². The van der Waals surface area contributed by atoms with Gasteiger partial charge in [-0.15, -0.1) is 0 Å². The van der Waals surface area contributed by atoms with E-state index in [0.29, 0.717) is 24.0 Å². The maximum Gasteiger partial charge on any atom is 0.193 e. The summed E-state index contributed by atoms with van der Waals surface area (Å²) in [5, 5.41) is 42.5. The lowest BCUT2D eigenvalue weighted by atomic mass is 9.46. The largest absolute Gasteiger partial charge is 0.412 e. The fourth-order valence-electron chi connectivity index (χ4n) is 16.1. The van der Waals surface area contributed by atoms with Crippen molar-refractivity contribution in [2.24, 2.45) is 57.2 Å². The number of fused-ring (bicyclic) bond motifs is 14. The van der Waals surface area contributed by atoms with E-state index in [1.807, 2.05) is 27.7 Å². The Morgan fingerprint density at radius 2 is 0.984 bits per heavy atom. The Labute approximate surface area is 366 Å². The zero-order valence-electron chi connectivity index (χ0n) is 37.4. The molecule has 0 aromatic rings. The van der Waals surface area contributed by atoms with Crippen LogP contribution in [0.15, 0.2) is 47.6 Å². The number of hydrogen-bond acceptors (Lipinski definition) is 12. The molecule has 0 radical (unpaired) electrons. The van der Waals surface area contributed by atoms with Crippen LogP contribution >= 0.6 is 0 Å². The van der Waals surface area contributed by atoms with Gasteiger partial charge in [0, 0.05) is 33.5 Å². The van der Waals surface area contributed by atoms with Gasteiger partial charge in [-0.1, -0.05) is 39.8 Å². The number of alkyl halides is 2. The lowest BCUT2D eigenvalue weighted by molar-refractivity contribution is -0.226. The molecule has 63 heavy (non-hydrogen) atoms. The molecule has 18 atom stereocenters. The molecule has 2 aliphatic heterocycles. The first-order valence-corrected chi connectivity index (χ1v) is 22.4. The normalized spacial score (nSPS) is 51.3. The van der Waals surface area contributed by atoms with Gasteiger partial charge in [-0.2, -0.15) is 0 Å². The summed E-state index contributed by atoms with van der Waals surface area (Å²) in [6.45, 7) is 13.3. The van der Waals surface area contributed by atoms with E-state index < -0.39 is 106 Å². The molecule has 348 valence electrons. The molecule has 0 bridgehead atoms. The molecule has 4 unspecified atom stereocenters. The minimum Gasteiger partial charge on any atom is -0.412 e. The number of halogens is 2. The molecule has 8 aliphatic carbocycles. The predicted molar refractivity (Wildman–Crippen MR) is 221 cm³/mol. The zero-order chi connectivity index (χ0) is 45.1. The number of ketones is 4. The highest BCUT2D eigenvalue weighted by Crippen LogP contribution is 2.72. The fourth-order valence-corrected chi connectivity index (χ4v) is 16.1. The number of ether oxygens (including phenoxy) is 4.